The van der Waals surface area contributed by atoms with Crippen molar-refractivity contribution in [3.63, 3.8) is 0 Å². The average molecular weight is 328 g/mol. The third kappa shape index (κ3) is 5.08. The van der Waals surface area contributed by atoms with Gasteiger partial charge in [0.1, 0.15) is 11.8 Å². The van der Waals surface area contributed by atoms with E-state index in [0.29, 0.717) is 13.1 Å². The quantitative estimate of drug-likeness (QED) is 0.807. The molecule has 0 aromatic heterocycles. The van der Waals surface area contributed by atoms with Crippen LogP contribution in [0.2, 0.25) is 0 Å². The van der Waals surface area contributed by atoms with Gasteiger partial charge in [-0.05, 0) is 23.3 Å². The van der Waals surface area contributed by atoms with Gasteiger partial charge >= 0.3 is 0 Å². The molecule has 0 aliphatic rings. The first-order valence-corrected chi connectivity index (χ1v) is 7.84. The van der Waals surface area contributed by atoms with Gasteiger partial charge in [-0.1, -0.05) is 42.5 Å². The van der Waals surface area contributed by atoms with Gasteiger partial charge in [0.2, 0.25) is 5.91 Å². The Bertz CT molecular complexity index is 629. The molecule has 1 atom stereocenters. The minimum Gasteiger partial charge on any atom is -0.497 e. The summed E-state index contributed by atoms with van der Waals surface area (Å²) in [7, 11) is 3.17. The average Bonchev–Trinajstić information content (AvgIpc) is 2.62. The summed E-state index contributed by atoms with van der Waals surface area (Å²) in [4.78, 5) is 14.4. The minimum atomic E-state index is -0.669. The number of benzene rings is 2. The van der Waals surface area contributed by atoms with E-state index in [-0.39, 0.29) is 12.5 Å². The molecule has 2 rings (SSSR count). The number of hydrogen-bond donors (Lipinski definition) is 1. The van der Waals surface area contributed by atoms with Crippen molar-refractivity contribution in [2.75, 3.05) is 20.8 Å². The van der Waals surface area contributed by atoms with Crippen LogP contribution in [-0.4, -0.2) is 37.7 Å². The molecular formula is C19H24N2O3. The van der Waals surface area contributed by atoms with Crippen molar-refractivity contribution in [3.8, 4) is 5.75 Å². The molecule has 2 N–H and O–H groups in total. The van der Waals surface area contributed by atoms with E-state index in [1.807, 2.05) is 54.6 Å². The van der Waals surface area contributed by atoms with E-state index in [2.05, 4.69) is 0 Å². The summed E-state index contributed by atoms with van der Waals surface area (Å²) in [6.45, 7) is 1.19. The number of rotatable bonds is 8. The van der Waals surface area contributed by atoms with E-state index < -0.39 is 6.04 Å². The molecular weight excluding hydrogens is 304 g/mol. The van der Waals surface area contributed by atoms with Crippen molar-refractivity contribution >= 4 is 5.91 Å². The molecule has 0 radical (unpaired) electrons. The highest BCUT2D eigenvalue weighted by Gasteiger charge is 2.21. The Morgan fingerprint density at radius 2 is 1.58 bits per heavy atom. The molecule has 0 aliphatic carbocycles. The van der Waals surface area contributed by atoms with Crippen molar-refractivity contribution in [3.05, 3.63) is 65.7 Å². The zero-order valence-electron chi connectivity index (χ0n) is 14.1. The molecule has 2 aromatic carbocycles. The Morgan fingerprint density at radius 1 is 1.00 bits per heavy atom. The lowest BCUT2D eigenvalue weighted by Crippen LogP contribution is -2.45. The van der Waals surface area contributed by atoms with Crippen LogP contribution in [0.1, 0.15) is 11.1 Å². The second kappa shape index (κ2) is 9.05. The van der Waals surface area contributed by atoms with Crippen LogP contribution >= 0.6 is 0 Å². The lowest BCUT2D eigenvalue weighted by Gasteiger charge is -2.26. The van der Waals surface area contributed by atoms with Crippen molar-refractivity contribution in [1.82, 2.24) is 4.90 Å². The maximum absolute atomic E-state index is 12.7. The molecule has 24 heavy (non-hydrogen) atoms. The Hall–Kier alpha value is -2.37. The van der Waals surface area contributed by atoms with Crippen molar-refractivity contribution in [2.45, 2.75) is 19.1 Å². The van der Waals surface area contributed by atoms with Crippen molar-refractivity contribution in [1.29, 1.82) is 0 Å². The zero-order chi connectivity index (χ0) is 17.4. The summed E-state index contributed by atoms with van der Waals surface area (Å²) in [6.07, 6.45) is 0. The Morgan fingerprint density at radius 3 is 2.12 bits per heavy atom. The van der Waals surface area contributed by atoms with Crippen molar-refractivity contribution in [2.24, 2.45) is 5.73 Å². The molecule has 0 bridgehead atoms. The molecule has 0 aliphatic heterocycles. The second-order valence-electron chi connectivity index (χ2n) is 5.59. The summed E-state index contributed by atoms with van der Waals surface area (Å²) < 4.78 is 10.2. The number of methoxy groups -OCH3 is 2. The number of carbonyl (C=O) groups excluding carboxylic acids is 1. The first kappa shape index (κ1) is 18.0. The van der Waals surface area contributed by atoms with Crippen LogP contribution in [0.4, 0.5) is 0 Å². The molecule has 1 amide bonds. The number of amides is 1. The highest BCUT2D eigenvalue weighted by molar-refractivity contribution is 5.81. The lowest BCUT2D eigenvalue weighted by molar-refractivity contribution is -0.135. The summed E-state index contributed by atoms with van der Waals surface area (Å²) in [5.41, 5.74) is 8.02. The predicted molar refractivity (Wildman–Crippen MR) is 93.5 cm³/mol. The smallest absolute Gasteiger partial charge is 0.242 e. The standard InChI is InChI=1S/C19H24N2O3/c1-23-14-18(20)19(22)21(12-15-6-4-3-5-7-15)13-16-8-10-17(24-2)11-9-16/h3-11,18H,12-14,20H2,1-2H3. The largest absolute Gasteiger partial charge is 0.497 e. The maximum atomic E-state index is 12.7. The van der Waals surface area contributed by atoms with Gasteiger partial charge in [-0.15, -0.1) is 0 Å². The third-order valence-electron chi connectivity index (χ3n) is 3.72. The molecule has 0 fully saturated rings. The van der Waals surface area contributed by atoms with Gasteiger partial charge in [-0.25, -0.2) is 0 Å². The molecule has 2 aromatic rings. The monoisotopic (exact) mass is 328 g/mol. The first-order chi connectivity index (χ1) is 11.6. The third-order valence-corrected chi connectivity index (χ3v) is 3.72. The number of nitrogens with two attached hydrogens (primary N) is 1. The van der Waals surface area contributed by atoms with Gasteiger partial charge in [-0.2, -0.15) is 0 Å². The van der Waals surface area contributed by atoms with Crippen LogP contribution in [-0.2, 0) is 22.6 Å². The summed E-state index contributed by atoms with van der Waals surface area (Å²) in [5, 5.41) is 0. The van der Waals surface area contributed by atoms with Gasteiger partial charge in [0.25, 0.3) is 0 Å². The topological polar surface area (TPSA) is 64.8 Å². The van der Waals surface area contributed by atoms with Crippen LogP contribution in [0.15, 0.2) is 54.6 Å². The molecule has 128 valence electrons. The molecule has 0 spiro atoms. The van der Waals surface area contributed by atoms with Crippen LogP contribution in [0.5, 0.6) is 5.75 Å². The molecule has 1 unspecified atom stereocenters. The van der Waals surface area contributed by atoms with Gasteiger partial charge in [0.15, 0.2) is 0 Å². The van der Waals surface area contributed by atoms with Crippen LogP contribution in [0.3, 0.4) is 0 Å². The highest BCUT2D eigenvalue weighted by Crippen LogP contribution is 2.15. The van der Waals surface area contributed by atoms with Crippen LogP contribution in [0.25, 0.3) is 0 Å². The van der Waals surface area contributed by atoms with E-state index in [1.165, 1.54) is 7.11 Å². The van der Waals surface area contributed by atoms with Gasteiger partial charge in [0, 0.05) is 20.2 Å². The van der Waals surface area contributed by atoms with Crippen LogP contribution in [0, 0.1) is 0 Å². The summed E-state index contributed by atoms with van der Waals surface area (Å²) in [6, 6.07) is 16.9. The fourth-order valence-corrected chi connectivity index (χ4v) is 2.45. The normalized spacial score (nSPS) is 11.8. The maximum Gasteiger partial charge on any atom is 0.242 e. The first-order valence-electron chi connectivity index (χ1n) is 7.84. The number of nitrogens with zero attached hydrogens (tertiary/aromatic N) is 1. The molecule has 0 heterocycles. The van der Waals surface area contributed by atoms with E-state index in [1.54, 1.807) is 12.0 Å². The van der Waals surface area contributed by atoms with Gasteiger partial charge < -0.3 is 20.1 Å². The zero-order valence-corrected chi connectivity index (χ0v) is 14.1. The summed E-state index contributed by atoms with van der Waals surface area (Å²) >= 11 is 0. The Labute approximate surface area is 143 Å². The minimum absolute atomic E-state index is 0.128. The lowest BCUT2D eigenvalue weighted by atomic mass is 10.1. The van der Waals surface area contributed by atoms with E-state index in [4.69, 9.17) is 15.2 Å². The number of carbonyl (C=O) groups is 1. The molecule has 0 saturated carbocycles. The SMILES string of the molecule is COCC(N)C(=O)N(Cc1ccccc1)Cc1ccc(OC)cc1. The molecule has 5 heteroatoms. The number of ether oxygens (including phenoxy) is 2. The van der Waals surface area contributed by atoms with E-state index >= 15 is 0 Å². The fraction of sp³-hybridized carbons (Fsp3) is 0.316. The van der Waals surface area contributed by atoms with Crippen molar-refractivity contribution < 1.29 is 14.3 Å². The van der Waals surface area contributed by atoms with Gasteiger partial charge in [-0.3, -0.25) is 4.79 Å². The Balaban J connectivity index is 2.15. The fourth-order valence-electron chi connectivity index (χ4n) is 2.45. The van der Waals surface area contributed by atoms with Crippen LogP contribution < -0.4 is 10.5 Å². The number of hydrogen-bond acceptors (Lipinski definition) is 4. The van der Waals surface area contributed by atoms with E-state index in [9.17, 15) is 4.79 Å². The van der Waals surface area contributed by atoms with E-state index in [0.717, 1.165) is 16.9 Å². The molecule has 0 saturated heterocycles. The molecule has 5 nitrogen and oxygen atoms in total. The highest BCUT2D eigenvalue weighted by atomic mass is 16.5. The predicted octanol–water partition coefficient (Wildman–Crippen LogP) is 2.20. The second-order valence-corrected chi connectivity index (χ2v) is 5.59. The summed E-state index contributed by atoms with van der Waals surface area (Å²) in [5.74, 6) is 0.660. The Kier molecular flexibility index (Phi) is 6.78. The van der Waals surface area contributed by atoms with Gasteiger partial charge in [0.05, 0.1) is 13.7 Å².